The molecule has 0 aromatic heterocycles. The molecule has 2 fully saturated rings. The lowest BCUT2D eigenvalue weighted by Gasteiger charge is -2.58. The number of nitrogens with zero attached hydrogens (tertiary/aromatic N) is 2. The van der Waals surface area contributed by atoms with Crippen LogP contribution in [0.1, 0.15) is 52.4 Å². The van der Waals surface area contributed by atoms with Gasteiger partial charge in [0, 0.05) is 36.0 Å². The van der Waals surface area contributed by atoms with Gasteiger partial charge >= 0.3 is 0 Å². The summed E-state index contributed by atoms with van der Waals surface area (Å²) in [5.41, 5.74) is 1.97. The first-order chi connectivity index (χ1) is 12.3. The van der Waals surface area contributed by atoms with Crippen molar-refractivity contribution < 1.29 is 4.79 Å². The van der Waals surface area contributed by atoms with Crippen LogP contribution in [0.25, 0.3) is 0 Å². The molecule has 5 atom stereocenters. The van der Waals surface area contributed by atoms with Crippen molar-refractivity contribution in [3.05, 3.63) is 21.4 Å². The predicted molar refractivity (Wildman–Crippen MR) is 115 cm³/mol. The monoisotopic (exact) mass is 468 g/mol. The minimum absolute atomic E-state index is 0.193. The molecule has 1 aliphatic heterocycles. The highest BCUT2D eigenvalue weighted by atomic mass is 127. The molecule has 4 heteroatoms. The van der Waals surface area contributed by atoms with Crippen molar-refractivity contribution in [1.82, 2.24) is 9.80 Å². The van der Waals surface area contributed by atoms with E-state index in [4.69, 9.17) is 0 Å². The standard InChI is InChI=1S/C22H33IN2O/c1-21-11-9-17-15(16(21)6-7-18(21)23)5-8-19-22(17,2)12-10-20(26)25(19)14-13-24(3)4/h7-8,15-17H,5-6,9-14H2,1-4H3/t15-,16?,17?,21?,22?/m0/s1. The van der Waals surface area contributed by atoms with E-state index in [0.717, 1.165) is 43.7 Å². The summed E-state index contributed by atoms with van der Waals surface area (Å²) in [5, 5.41) is 0. The summed E-state index contributed by atoms with van der Waals surface area (Å²) in [6.45, 7) is 6.76. The Labute approximate surface area is 172 Å². The highest BCUT2D eigenvalue weighted by Crippen LogP contribution is 2.65. The maximum Gasteiger partial charge on any atom is 0.226 e. The molecule has 1 saturated carbocycles. The molecule has 0 bridgehead atoms. The van der Waals surface area contributed by atoms with Crippen LogP contribution in [0.2, 0.25) is 0 Å². The van der Waals surface area contributed by atoms with Crippen LogP contribution < -0.4 is 0 Å². The maximum atomic E-state index is 12.7. The Hall–Kier alpha value is -0.360. The van der Waals surface area contributed by atoms with E-state index in [1.807, 2.05) is 0 Å². The second-order valence-corrected chi connectivity index (χ2v) is 10.9. The largest absolute Gasteiger partial charge is 0.315 e. The van der Waals surface area contributed by atoms with Gasteiger partial charge in [-0.25, -0.2) is 0 Å². The second kappa shape index (κ2) is 6.61. The first-order valence-electron chi connectivity index (χ1n) is 10.3. The molecule has 3 aliphatic carbocycles. The van der Waals surface area contributed by atoms with E-state index in [1.54, 1.807) is 3.58 Å². The number of hydrogen-bond donors (Lipinski definition) is 0. The highest BCUT2D eigenvalue weighted by molar-refractivity contribution is 14.1. The van der Waals surface area contributed by atoms with E-state index in [9.17, 15) is 4.79 Å². The number of rotatable bonds is 3. The van der Waals surface area contributed by atoms with Gasteiger partial charge in [0.05, 0.1) is 0 Å². The van der Waals surface area contributed by atoms with Gasteiger partial charge < -0.3 is 9.80 Å². The molecule has 26 heavy (non-hydrogen) atoms. The average Bonchev–Trinajstić information content (AvgIpc) is 2.89. The minimum Gasteiger partial charge on any atom is -0.315 e. The fraction of sp³-hybridized carbons (Fsp3) is 0.773. The second-order valence-electron chi connectivity index (χ2n) is 9.71. The summed E-state index contributed by atoms with van der Waals surface area (Å²) < 4.78 is 1.60. The van der Waals surface area contributed by atoms with Crippen molar-refractivity contribution in [3.63, 3.8) is 0 Å². The van der Waals surface area contributed by atoms with E-state index in [2.05, 4.69) is 72.5 Å². The molecular formula is C22H33IN2O. The lowest BCUT2D eigenvalue weighted by Crippen LogP contribution is -2.54. The van der Waals surface area contributed by atoms with E-state index >= 15 is 0 Å². The number of piperidine rings is 1. The number of likely N-dealkylation sites (N-methyl/N-ethyl adjacent to an activating group) is 1. The first-order valence-corrected chi connectivity index (χ1v) is 11.4. The van der Waals surface area contributed by atoms with Crippen LogP contribution >= 0.6 is 22.6 Å². The lowest BCUT2D eigenvalue weighted by molar-refractivity contribution is -0.137. The molecule has 0 aromatic carbocycles. The maximum absolute atomic E-state index is 12.7. The van der Waals surface area contributed by atoms with Gasteiger partial charge in [-0.05, 0) is 90.1 Å². The van der Waals surface area contributed by atoms with Crippen LogP contribution in [0.15, 0.2) is 21.4 Å². The molecule has 144 valence electrons. The van der Waals surface area contributed by atoms with Crippen molar-refractivity contribution in [1.29, 1.82) is 0 Å². The molecule has 1 amide bonds. The number of halogens is 1. The summed E-state index contributed by atoms with van der Waals surface area (Å²) >= 11 is 2.60. The van der Waals surface area contributed by atoms with Gasteiger partial charge in [-0.15, -0.1) is 0 Å². The number of amides is 1. The zero-order chi connectivity index (χ0) is 18.7. The topological polar surface area (TPSA) is 23.6 Å². The highest BCUT2D eigenvalue weighted by Gasteiger charge is 2.57. The molecule has 1 heterocycles. The number of carbonyl (C=O) groups is 1. The van der Waals surface area contributed by atoms with Gasteiger partial charge in [-0.3, -0.25) is 4.79 Å². The Morgan fingerprint density at radius 1 is 1.15 bits per heavy atom. The summed E-state index contributed by atoms with van der Waals surface area (Å²) in [4.78, 5) is 17.0. The summed E-state index contributed by atoms with van der Waals surface area (Å²) in [6.07, 6.45) is 11.8. The number of hydrogen-bond acceptors (Lipinski definition) is 2. The summed E-state index contributed by atoms with van der Waals surface area (Å²) in [7, 11) is 4.19. The van der Waals surface area contributed by atoms with Gasteiger partial charge in [0.15, 0.2) is 0 Å². The van der Waals surface area contributed by atoms with Gasteiger partial charge in [0.25, 0.3) is 0 Å². The van der Waals surface area contributed by atoms with E-state index < -0.39 is 0 Å². The Bertz CT molecular complexity index is 669. The van der Waals surface area contributed by atoms with Crippen LogP contribution in [0.4, 0.5) is 0 Å². The average molecular weight is 468 g/mol. The van der Waals surface area contributed by atoms with Crippen LogP contribution in [-0.4, -0.2) is 42.9 Å². The van der Waals surface area contributed by atoms with Crippen molar-refractivity contribution in [3.8, 4) is 0 Å². The molecule has 4 rings (SSSR count). The molecule has 1 saturated heterocycles. The molecule has 3 nitrogen and oxygen atoms in total. The number of likely N-dealkylation sites (tertiary alicyclic amines) is 1. The Morgan fingerprint density at radius 2 is 1.92 bits per heavy atom. The molecule has 0 radical (unpaired) electrons. The van der Waals surface area contributed by atoms with E-state index in [0.29, 0.717) is 11.3 Å². The first kappa shape index (κ1) is 19.0. The molecule has 0 spiro atoms. The minimum atomic E-state index is 0.193. The third-order valence-electron chi connectivity index (χ3n) is 8.13. The van der Waals surface area contributed by atoms with Crippen molar-refractivity contribution >= 4 is 28.5 Å². The number of carbonyl (C=O) groups excluding carboxylic acids is 1. The number of fused-ring (bicyclic) bond motifs is 5. The molecule has 0 aromatic rings. The van der Waals surface area contributed by atoms with Crippen LogP contribution in [-0.2, 0) is 4.79 Å². The van der Waals surface area contributed by atoms with Crippen LogP contribution in [0.5, 0.6) is 0 Å². The van der Waals surface area contributed by atoms with Gasteiger partial charge in [0.2, 0.25) is 5.91 Å². The van der Waals surface area contributed by atoms with Crippen LogP contribution in [0.3, 0.4) is 0 Å². The fourth-order valence-electron chi connectivity index (χ4n) is 6.51. The van der Waals surface area contributed by atoms with Crippen molar-refractivity contribution in [2.24, 2.45) is 28.6 Å². The molecule has 0 N–H and O–H groups in total. The quantitative estimate of drug-likeness (QED) is 0.554. The fourth-order valence-corrected chi connectivity index (χ4v) is 7.43. The smallest absolute Gasteiger partial charge is 0.226 e. The zero-order valence-electron chi connectivity index (χ0n) is 16.7. The third kappa shape index (κ3) is 2.73. The third-order valence-corrected chi connectivity index (χ3v) is 9.80. The Kier molecular flexibility index (Phi) is 4.83. The van der Waals surface area contributed by atoms with Gasteiger partial charge in [0.1, 0.15) is 0 Å². The van der Waals surface area contributed by atoms with Crippen molar-refractivity contribution in [2.45, 2.75) is 52.4 Å². The molecule has 4 aliphatic rings. The molecule has 4 unspecified atom stereocenters. The Balaban J connectivity index is 1.64. The number of allylic oxidation sites excluding steroid dienone is 4. The van der Waals surface area contributed by atoms with Gasteiger partial charge in [-0.2, -0.15) is 0 Å². The summed E-state index contributed by atoms with van der Waals surface area (Å²) in [5.74, 6) is 2.67. The Morgan fingerprint density at radius 3 is 2.65 bits per heavy atom. The summed E-state index contributed by atoms with van der Waals surface area (Å²) in [6, 6.07) is 0. The zero-order valence-corrected chi connectivity index (χ0v) is 18.9. The SMILES string of the molecule is CN(C)CCN1C(=O)CCC2(C)C1=CC[C@H]1C3CC=C(I)C3(C)CCC12. The normalized spacial score (nSPS) is 42.2. The van der Waals surface area contributed by atoms with Crippen molar-refractivity contribution in [2.75, 3.05) is 27.2 Å². The lowest BCUT2D eigenvalue weighted by atomic mass is 9.50. The molecular weight excluding hydrogens is 435 g/mol. The van der Waals surface area contributed by atoms with Crippen LogP contribution in [0, 0.1) is 28.6 Å². The van der Waals surface area contributed by atoms with Gasteiger partial charge in [-0.1, -0.05) is 26.0 Å². The predicted octanol–water partition coefficient (Wildman–Crippen LogP) is 4.84. The van der Waals surface area contributed by atoms with E-state index in [1.165, 1.54) is 31.4 Å². The van der Waals surface area contributed by atoms with E-state index in [-0.39, 0.29) is 5.41 Å².